The average molecular weight is 580 g/mol. The van der Waals surface area contributed by atoms with Gasteiger partial charge in [-0.15, -0.1) is 12.4 Å². The molecule has 2 aliphatic rings. The van der Waals surface area contributed by atoms with Gasteiger partial charge in [-0.2, -0.15) is 0 Å². The topological polar surface area (TPSA) is 84.9 Å². The van der Waals surface area contributed by atoms with E-state index in [1.165, 1.54) is 19.3 Å². The number of ether oxygens (including phenoxy) is 2. The van der Waals surface area contributed by atoms with Crippen molar-refractivity contribution in [1.82, 2.24) is 5.32 Å². The number of hydrogen-bond donors (Lipinski definition) is 2. The molecule has 0 aliphatic carbocycles. The van der Waals surface area contributed by atoms with Crippen molar-refractivity contribution in [2.75, 3.05) is 18.9 Å². The molecular weight excluding hydrogens is 546 g/mol. The number of rotatable bonds is 7. The molecule has 1 fully saturated rings. The van der Waals surface area contributed by atoms with Crippen LogP contribution in [0.15, 0.2) is 77.7 Å². The highest BCUT2D eigenvalue weighted by Crippen LogP contribution is 2.48. The first-order valence-corrected chi connectivity index (χ1v) is 15.3. The Balaban J connectivity index is 0.00000323. The maximum absolute atomic E-state index is 12.6. The van der Waals surface area contributed by atoms with E-state index in [0.717, 1.165) is 51.7 Å². The summed E-state index contributed by atoms with van der Waals surface area (Å²) >= 11 is 0. The lowest BCUT2D eigenvalue weighted by Gasteiger charge is -2.31. The van der Waals surface area contributed by atoms with Gasteiger partial charge in [-0.3, -0.25) is 0 Å². The summed E-state index contributed by atoms with van der Waals surface area (Å²) in [5, 5.41) is 15.5. The minimum absolute atomic E-state index is 0. The van der Waals surface area contributed by atoms with Crippen molar-refractivity contribution in [1.29, 1.82) is 0 Å². The summed E-state index contributed by atoms with van der Waals surface area (Å²) in [4.78, 5) is 0.257. The summed E-state index contributed by atoms with van der Waals surface area (Å²) in [6, 6.07) is 23.0. The van der Waals surface area contributed by atoms with E-state index in [4.69, 9.17) is 9.47 Å². The van der Waals surface area contributed by atoms with Crippen LogP contribution >= 0.6 is 12.4 Å². The van der Waals surface area contributed by atoms with E-state index in [2.05, 4.69) is 5.32 Å². The van der Waals surface area contributed by atoms with Crippen LogP contribution in [0.5, 0.6) is 17.2 Å². The van der Waals surface area contributed by atoms with Gasteiger partial charge in [0.25, 0.3) is 0 Å². The first-order chi connectivity index (χ1) is 18.9. The van der Waals surface area contributed by atoms with Crippen LogP contribution in [0.2, 0.25) is 0 Å². The first-order valence-electron chi connectivity index (χ1n) is 13.7. The zero-order valence-electron chi connectivity index (χ0n) is 22.4. The summed E-state index contributed by atoms with van der Waals surface area (Å²) in [7, 11) is -3.38. The molecule has 2 atom stereocenters. The van der Waals surface area contributed by atoms with Crippen molar-refractivity contribution >= 4 is 33.0 Å². The fourth-order valence-electron chi connectivity index (χ4n) is 5.69. The Morgan fingerprint density at radius 1 is 0.975 bits per heavy atom. The van der Waals surface area contributed by atoms with Gasteiger partial charge in [0.15, 0.2) is 15.9 Å². The predicted molar refractivity (Wildman–Crippen MR) is 161 cm³/mol. The maximum Gasteiger partial charge on any atom is 0.178 e. The summed E-state index contributed by atoms with van der Waals surface area (Å²) in [5.74, 6) is 1.58. The van der Waals surface area contributed by atoms with E-state index in [-0.39, 0.29) is 28.8 Å². The third-order valence-electron chi connectivity index (χ3n) is 7.86. The zero-order chi connectivity index (χ0) is 27.0. The molecule has 0 bridgehead atoms. The minimum atomic E-state index is -3.38. The zero-order valence-corrected chi connectivity index (χ0v) is 24.1. The molecule has 2 N–H and O–H groups in total. The third-order valence-corrected chi connectivity index (χ3v) is 9.60. The Bertz CT molecular complexity index is 1610. The Morgan fingerprint density at radius 2 is 1.77 bits per heavy atom. The Hall–Kier alpha value is -3.26. The molecule has 2 heterocycles. The molecule has 1 saturated heterocycles. The second-order valence-corrected chi connectivity index (χ2v) is 12.6. The highest BCUT2D eigenvalue weighted by Gasteiger charge is 2.30. The molecule has 0 amide bonds. The van der Waals surface area contributed by atoms with E-state index in [1.54, 1.807) is 31.2 Å². The number of nitrogens with one attached hydrogen (secondary N) is 1. The number of piperidine rings is 1. The molecule has 4 aromatic carbocycles. The van der Waals surface area contributed by atoms with E-state index in [0.29, 0.717) is 18.4 Å². The molecule has 6 rings (SSSR count). The number of aromatic hydroxyl groups is 1. The summed E-state index contributed by atoms with van der Waals surface area (Å²) < 4.78 is 37.9. The van der Waals surface area contributed by atoms with Gasteiger partial charge in [-0.25, -0.2) is 8.42 Å². The molecule has 0 saturated carbocycles. The Labute approximate surface area is 241 Å². The molecule has 0 aromatic heterocycles. The van der Waals surface area contributed by atoms with E-state index in [9.17, 15) is 13.5 Å². The number of halogens is 1. The summed E-state index contributed by atoms with van der Waals surface area (Å²) in [6.45, 7) is 3.39. The number of phenolic OH excluding ortho intramolecular Hbond substituents is 1. The largest absolute Gasteiger partial charge is 0.508 e. The van der Waals surface area contributed by atoms with Crippen molar-refractivity contribution in [2.45, 2.75) is 49.6 Å². The van der Waals surface area contributed by atoms with Crippen molar-refractivity contribution < 1.29 is 23.0 Å². The second-order valence-electron chi connectivity index (χ2n) is 10.3. The third kappa shape index (κ3) is 5.51. The molecule has 6 nitrogen and oxygen atoms in total. The Morgan fingerprint density at radius 3 is 2.52 bits per heavy atom. The van der Waals surface area contributed by atoms with Crippen LogP contribution in [0.3, 0.4) is 0 Å². The van der Waals surface area contributed by atoms with Crippen LogP contribution in [-0.2, 0) is 9.84 Å². The fraction of sp³-hybridized carbons (Fsp3) is 0.312. The van der Waals surface area contributed by atoms with Crippen molar-refractivity contribution in [3.63, 3.8) is 0 Å². The normalized spacial score (nSPS) is 18.2. The van der Waals surface area contributed by atoms with Crippen LogP contribution in [0.4, 0.5) is 0 Å². The standard InChI is InChI=1S/C32H33NO5S.ClH/c1-2-39(35,36)26-12-15-28-29-13-8-22-19-24(34)9-14-27(22)31(29)32(38-30(28)20-26)21-6-10-25(11-7-21)37-18-16-23-5-3-4-17-33-23;/h6-15,19-20,23,32-34H,2-5,16-18H2,1H3;1H. The minimum Gasteiger partial charge on any atom is -0.508 e. The molecule has 8 heteroatoms. The molecule has 210 valence electrons. The van der Waals surface area contributed by atoms with Gasteiger partial charge >= 0.3 is 0 Å². The predicted octanol–water partition coefficient (Wildman–Crippen LogP) is 6.82. The number of hydrogen-bond acceptors (Lipinski definition) is 6. The fourth-order valence-corrected chi connectivity index (χ4v) is 6.59. The average Bonchev–Trinajstić information content (AvgIpc) is 2.97. The van der Waals surface area contributed by atoms with Crippen LogP contribution in [0.25, 0.3) is 21.9 Å². The lowest BCUT2D eigenvalue weighted by atomic mass is 9.86. The van der Waals surface area contributed by atoms with E-state index < -0.39 is 15.9 Å². The van der Waals surface area contributed by atoms with E-state index >= 15 is 0 Å². The number of sulfone groups is 1. The highest BCUT2D eigenvalue weighted by molar-refractivity contribution is 7.91. The lowest BCUT2D eigenvalue weighted by molar-refractivity contribution is 0.244. The van der Waals surface area contributed by atoms with Crippen LogP contribution in [0, 0.1) is 0 Å². The second kappa shape index (κ2) is 11.7. The lowest BCUT2D eigenvalue weighted by Crippen LogP contribution is -2.35. The molecular formula is C32H34ClNO5S. The van der Waals surface area contributed by atoms with Gasteiger partial charge in [0.05, 0.1) is 17.3 Å². The highest BCUT2D eigenvalue weighted by atomic mass is 35.5. The molecule has 40 heavy (non-hydrogen) atoms. The van der Waals surface area contributed by atoms with Crippen molar-refractivity contribution in [3.8, 4) is 28.4 Å². The van der Waals surface area contributed by atoms with Crippen LogP contribution in [-0.4, -0.2) is 38.5 Å². The summed E-state index contributed by atoms with van der Waals surface area (Å²) in [6.07, 6.45) is 4.26. The van der Waals surface area contributed by atoms with Gasteiger partial charge in [-0.05, 0) is 90.2 Å². The summed E-state index contributed by atoms with van der Waals surface area (Å²) in [5.41, 5.74) is 3.76. The van der Waals surface area contributed by atoms with Gasteiger partial charge in [0.1, 0.15) is 17.2 Å². The quantitative estimate of drug-likeness (QED) is 0.250. The number of phenols is 1. The molecule has 4 aromatic rings. The first kappa shape index (κ1) is 28.3. The number of fused-ring (bicyclic) bond motifs is 5. The maximum atomic E-state index is 12.6. The van der Waals surface area contributed by atoms with Crippen LogP contribution in [0.1, 0.15) is 49.8 Å². The van der Waals surface area contributed by atoms with Gasteiger partial charge < -0.3 is 19.9 Å². The molecule has 0 radical (unpaired) electrons. The smallest absolute Gasteiger partial charge is 0.178 e. The van der Waals surface area contributed by atoms with Crippen LogP contribution < -0.4 is 14.8 Å². The molecule has 2 aliphatic heterocycles. The molecule has 0 spiro atoms. The van der Waals surface area contributed by atoms with Gasteiger partial charge in [-0.1, -0.05) is 43.7 Å². The monoisotopic (exact) mass is 579 g/mol. The Kier molecular flexibility index (Phi) is 8.26. The number of benzene rings is 4. The van der Waals surface area contributed by atoms with Gasteiger partial charge in [0.2, 0.25) is 0 Å². The van der Waals surface area contributed by atoms with E-state index in [1.807, 2.05) is 48.5 Å². The van der Waals surface area contributed by atoms with Gasteiger partial charge in [0, 0.05) is 17.2 Å². The van der Waals surface area contributed by atoms with Crippen molar-refractivity contribution in [3.05, 3.63) is 83.9 Å². The van der Waals surface area contributed by atoms with Crippen molar-refractivity contribution in [2.24, 2.45) is 0 Å². The molecule has 2 unspecified atom stereocenters. The SMILES string of the molecule is CCS(=O)(=O)c1ccc2c(c1)OC(c1ccc(OCCC3CCCCN3)cc1)c1c-2ccc2cc(O)ccc12.Cl.